The molecule has 96 valence electrons. The SMILES string of the molecule is CCCOc1ccc(NCC(CC)CC)cc1. The molecule has 2 heteroatoms. The second-order valence-corrected chi connectivity index (χ2v) is 4.44. The smallest absolute Gasteiger partial charge is 0.119 e. The minimum Gasteiger partial charge on any atom is -0.494 e. The van der Waals surface area contributed by atoms with E-state index in [9.17, 15) is 0 Å². The van der Waals surface area contributed by atoms with Gasteiger partial charge in [-0.2, -0.15) is 0 Å². The lowest BCUT2D eigenvalue weighted by Crippen LogP contribution is -2.12. The number of ether oxygens (including phenoxy) is 1. The van der Waals surface area contributed by atoms with Crippen molar-refractivity contribution in [3.05, 3.63) is 24.3 Å². The van der Waals surface area contributed by atoms with Gasteiger partial charge in [-0.15, -0.1) is 0 Å². The molecule has 0 radical (unpaired) electrons. The maximum Gasteiger partial charge on any atom is 0.119 e. The minimum atomic E-state index is 0.769. The number of nitrogens with one attached hydrogen (secondary N) is 1. The van der Waals surface area contributed by atoms with Crippen LogP contribution in [0.15, 0.2) is 24.3 Å². The molecule has 0 spiro atoms. The highest BCUT2D eigenvalue weighted by Gasteiger charge is 2.02. The number of rotatable bonds is 8. The fourth-order valence-corrected chi connectivity index (χ4v) is 1.73. The summed E-state index contributed by atoms with van der Waals surface area (Å²) in [7, 11) is 0. The molecule has 1 aromatic rings. The Hall–Kier alpha value is -1.18. The Balaban J connectivity index is 2.39. The summed E-state index contributed by atoms with van der Waals surface area (Å²) >= 11 is 0. The molecular weight excluding hydrogens is 210 g/mol. The normalized spacial score (nSPS) is 10.6. The Bertz CT molecular complexity index is 290. The second-order valence-electron chi connectivity index (χ2n) is 4.44. The number of hydrogen-bond donors (Lipinski definition) is 1. The molecule has 0 aliphatic carbocycles. The van der Waals surface area contributed by atoms with Gasteiger partial charge in [0.15, 0.2) is 0 Å². The van der Waals surface area contributed by atoms with Crippen molar-refractivity contribution in [2.75, 3.05) is 18.5 Å². The molecule has 2 nitrogen and oxygen atoms in total. The standard InChI is InChI=1S/C15H25NO/c1-4-11-17-15-9-7-14(8-10-15)16-12-13(5-2)6-3/h7-10,13,16H,4-6,11-12H2,1-3H3. The van der Waals surface area contributed by atoms with Crippen molar-refractivity contribution in [1.82, 2.24) is 0 Å². The number of anilines is 1. The summed E-state index contributed by atoms with van der Waals surface area (Å²) in [5.74, 6) is 1.73. The summed E-state index contributed by atoms with van der Waals surface area (Å²) in [6, 6.07) is 8.25. The van der Waals surface area contributed by atoms with Gasteiger partial charge in [-0.25, -0.2) is 0 Å². The molecule has 0 saturated heterocycles. The van der Waals surface area contributed by atoms with Crippen molar-refractivity contribution in [3.63, 3.8) is 0 Å². The van der Waals surface area contributed by atoms with E-state index in [1.807, 2.05) is 12.1 Å². The van der Waals surface area contributed by atoms with Crippen LogP contribution in [0, 0.1) is 5.92 Å². The van der Waals surface area contributed by atoms with Gasteiger partial charge in [0, 0.05) is 12.2 Å². The molecule has 1 N–H and O–H groups in total. The maximum absolute atomic E-state index is 5.55. The van der Waals surface area contributed by atoms with Crippen LogP contribution in [0.3, 0.4) is 0 Å². The number of benzene rings is 1. The third-order valence-electron chi connectivity index (χ3n) is 3.08. The van der Waals surface area contributed by atoms with Gasteiger partial charge in [0.1, 0.15) is 5.75 Å². The molecule has 0 atom stereocenters. The van der Waals surface area contributed by atoms with Crippen molar-refractivity contribution >= 4 is 5.69 Å². The molecule has 0 aliphatic rings. The van der Waals surface area contributed by atoms with Crippen LogP contribution < -0.4 is 10.1 Å². The Morgan fingerprint density at radius 2 is 1.71 bits per heavy atom. The van der Waals surface area contributed by atoms with Crippen LogP contribution >= 0.6 is 0 Å². The molecule has 1 rings (SSSR count). The van der Waals surface area contributed by atoms with Crippen LogP contribution in [0.1, 0.15) is 40.0 Å². The summed E-state index contributed by atoms with van der Waals surface area (Å²) in [4.78, 5) is 0. The first-order valence-electron chi connectivity index (χ1n) is 6.76. The zero-order valence-electron chi connectivity index (χ0n) is 11.3. The molecule has 0 bridgehead atoms. The van der Waals surface area contributed by atoms with Gasteiger partial charge in [0.05, 0.1) is 6.61 Å². The van der Waals surface area contributed by atoms with E-state index in [-0.39, 0.29) is 0 Å². The van der Waals surface area contributed by atoms with Gasteiger partial charge in [-0.1, -0.05) is 33.6 Å². The van der Waals surface area contributed by atoms with Crippen molar-refractivity contribution in [3.8, 4) is 5.75 Å². The van der Waals surface area contributed by atoms with Gasteiger partial charge in [-0.3, -0.25) is 0 Å². The van der Waals surface area contributed by atoms with E-state index in [1.165, 1.54) is 18.5 Å². The third kappa shape index (κ3) is 5.12. The first-order valence-corrected chi connectivity index (χ1v) is 6.76. The van der Waals surface area contributed by atoms with Crippen LogP contribution in [-0.2, 0) is 0 Å². The van der Waals surface area contributed by atoms with E-state index >= 15 is 0 Å². The van der Waals surface area contributed by atoms with Gasteiger partial charge in [0.25, 0.3) is 0 Å². The fourth-order valence-electron chi connectivity index (χ4n) is 1.73. The highest BCUT2D eigenvalue weighted by molar-refractivity contribution is 5.46. The van der Waals surface area contributed by atoms with Gasteiger partial charge in [-0.05, 0) is 36.6 Å². The van der Waals surface area contributed by atoms with E-state index < -0.39 is 0 Å². The molecule has 0 amide bonds. The van der Waals surface area contributed by atoms with E-state index in [0.29, 0.717) is 0 Å². The molecule has 0 aromatic heterocycles. The average molecular weight is 235 g/mol. The van der Waals surface area contributed by atoms with Gasteiger partial charge >= 0.3 is 0 Å². The van der Waals surface area contributed by atoms with Crippen molar-refractivity contribution in [2.45, 2.75) is 40.0 Å². The topological polar surface area (TPSA) is 21.3 Å². The molecule has 0 heterocycles. The lowest BCUT2D eigenvalue weighted by molar-refractivity contribution is 0.317. The lowest BCUT2D eigenvalue weighted by atomic mass is 10.0. The Kier molecular flexibility index (Phi) is 6.53. The summed E-state index contributed by atoms with van der Waals surface area (Å²) in [6.07, 6.45) is 3.52. The van der Waals surface area contributed by atoms with Crippen molar-refractivity contribution in [2.24, 2.45) is 5.92 Å². The zero-order chi connectivity index (χ0) is 12.5. The van der Waals surface area contributed by atoms with Crippen LogP contribution in [0.2, 0.25) is 0 Å². The molecule has 0 unspecified atom stereocenters. The molecule has 1 aromatic carbocycles. The summed E-state index contributed by atoms with van der Waals surface area (Å²) in [6.45, 7) is 8.46. The van der Waals surface area contributed by atoms with E-state index in [1.54, 1.807) is 0 Å². The predicted molar refractivity (Wildman–Crippen MR) is 74.8 cm³/mol. The quantitative estimate of drug-likeness (QED) is 0.724. The second kappa shape index (κ2) is 7.99. The molecule has 0 aliphatic heterocycles. The van der Waals surface area contributed by atoms with Crippen molar-refractivity contribution < 1.29 is 4.74 Å². The molecule has 0 saturated carbocycles. The minimum absolute atomic E-state index is 0.769. The Labute approximate surface area is 105 Å². The lowest BCUT2D eigenvalue weighted by Gasteiger charge is -2.14. The van der Waals surface area contributed by atoms with Crippen LogP contribution in [0.5, 0.6) is 5.75 Å². The average Bonchev–Trinajstić information content (AvgIpc) is 2.39. The van der Waals surface area contributed by atoms with Crippen LogP contribution in [-0.4, -0.2) is 13.2 Å². The zero-order valence-corrected chi connectivity index (χ0v) is 11.3. The van der Waals surface area contributed by atoms with E-state index in [0.717, 1.165) is 31.2 Å². The first-order chi connectivity index (χ1) is 8.30. The maximum atomic E-state index is 5.55. The first kappa shape index (κ1) is 13.9. The highest BCUT2D eigenvalue weighted by atomic mass is 16.5. The largest absolute Gasteiger partial charge is 0.494 e. The monoisotopic (exact) mass is 235 g/mol. The summed E-state index contributed by atoms with van der Waals surface area (Å²) in [5.41, 5.74) is 1.18. The molecule has 0 fully saturated rings. The predicted octanol–water partition coefficient (Wildman–Crippen LogP) is 4.32. The Morgan fingerprint density at radius 1 is 1.06 bits per heavy atom. The van der Waals surface area contributed by atoms with E-state index in [4.69, 9.17) is 4.74 Å². The van der Waals surface area contributed by atoms with E-state index in [2.05, 4.69) is 38.2 Å². The highest BCUT2D eigenvalue weighted by Crippen LogP contribution is 2.17. The number of hydrogen-bond acceptors (Lipinski definition) is 2. The third-order valence-corrected chi connectivity index (χ3v) is 3.08. The molecule has 17 heavy (non-hydrogen) atoms. The fraction of sp³-hybridized carbons (Fsp3) is 0.600. The van der Waals surface area contributed by atoms with Gasteiger partial charge in [0.2, 0.25) is 0 Å². The summed E-state index contributed by atoms with van der Waals surface area (Å²) in [5, 5.41) is 3.47. The summed E-state index contributed by atoms with van der Waals surface area (Å²) < 4.78 is 5.55. The molecular formula is C15H25NO. The van der Waals surface area contributed by atoms with Crippen LogP contribution in [0.25, 0.3) is 0 Å². The van der Waals surface area contributed by atoms with Crippen molar-refractivity contribution in [1.29, 1.82) is 0 Å². The van der Waals surface area contributed by atoms with Gasteiger partial charge < -0.3 is 10.1 Å². The van der Waals surface area contributed by atoms with Crippen LogP contribution in [0.4, 0.5) is 5.69 Å². The Morgan fingerprint density at radius 3 is 2.24 bits per heavy atom.